The summed E-state index contributed by atoms with van der Waals surface area (Å²) in [6.45, 7) is 5.54. The standard InChI is InChI=1S/C18H22N2O4S/c1-10-6-15(24-12(10)3)18-20(16(22)4-5-25-18)8-14-13(9-21)7-19-11(2)17(14)23/h6-7,18,21,23H,4-5,8-9H2,1-3H3. The third-order valence-electron chi connectivity index (χ3n) is 4.55. The Morgan fingerprint density at radius 2 is 2.16 bits per heavy atom. The van der Waals surface area contributed by atoms with Crippen molar-refractivity contribution in [3.8, 4) is 5.75 Å². The highest BCUT2D eigenvalue weighted by Gasteiger charge is 2.33. The van der Waals surface area contributed by atoms with Crippen molar-refractivity contribution in [3.63, 3.8) is 0 Å². The average Bonchev–Trinajstić information content (AvgIpc) is 2.92. The molecule has 3 heterocycles. The molecule has 0 saturated carbocycles. The number of amides is 1. The average molecular weight is 362 g/mol. The van der Waals surface area contributed by atoms with Crippen molar-refractivity contribution in [2.45, 2.75) is 45.7 Å². The molecule has 1 amide bonds. The molecular weight excluding hydrogens is 340 g/mol. The Morgan fingerprint density at radius 3 is 2.80 bits per heavy atom. The van der Waals surface area contributed by atoms with E-state index in [4.69, 9.17) is 4.42 Å². The molecule has 2 aromatic rings. The first-order valence-corrected chi connectivity index (χ1v) is 9.22. The van der Waals surface area contributed by atoms with Crippen LogP contribution in [0.15, 0.2) is 16.7 Å². The van der Waals surface area contributed by atoms with Crippen LogP contribution in [0.3, 0.4) is 0 Å². The summed E-state index contributed by atoms with van der Waals surface area (Å²) in [4.78, 5) is 18.4. The minimum atomic E-state index is -0.243. The summed E-state index contributed by atoms with van der Waals surface area (Å²) in [5.41, 5.74) is 2.59. The summed E-state index contributed by atoms with van der Waals surface area (Å²) in [6.07, 6.45) is 1.99. The molecule has 1 atom stereocenters. The molecule has 3 rings (SSSR count). The number of carbonyl (C=O) groups is 1. The van der Waals surface area contributed by atoms with Gasteiger partial charge in [0.1, 0.15) is 22.6 Å². The maximum atomic E-state index is 12.6. The van der Waals surface area contributed by atoms with Crippen LogP contribution < -0.4 is 0 Å². The number of nitrogens with zero attached hydrogens (tertiary/aromatic N) is 2. The minimum absolute atomic E-state index is 0.00760. The van der Waals surface area contributed by atoms with Crippen LogP contribution in [0.25, 0.3) is 0 Å². The van der Waals surface area contributed by atoms with E-state index in [0.717, 1.165) is 22.8 Å². The zero-order valence-electron chi connectivity index (χ0n) is 14.6. The normalized spacial score (nSPS) is 18.0. The van der Waals surface area contributed by atoms with Crippen LogP contribution in [-0.4, -0.2) is 31.8 Å². The zero-order chi connectivity index (χ0) is 18.1. The van der Waals surface area contributed by atoms with Crippen molar-refractivity contribution in [1.82, 2.24) is 9.88 Å². The Hall–Kier alpha value is -1.99. The lowest BCUT2D eigenvalue weighted by Gasteiger charge is -2.34. The van der Waals surface area contributed by atoms with Crippen molar-refractivity contribution < 1.29 is 19.4 Å². The summed E-state index contributed by atoms with van der Waals surface area (Å²) in [6, 6.07) is 1.96. The number of rotatable bonds is 4. The topological polar surface area (TPSA) is 86.8 Å². The van der Waals surface area contributed by atoms with Gasteiger partial charge in [-0.25, -0.2) is 0 Å². The van der Waals surface area contributed by atoms with Crippen LogP contribution in [0, 0.1) is 20.8 Å². The van der Waals surface area contributed by atoms with Crippen molar-refractivity contribution in [3.05, 3.63) is 46.2 Å². The molecule has 0 bridgehead atoms. The van der Waals surface area contributed by atoms with Gasteiger partial charge in [0, 0.05) is 29.5 Å². The molecule has 1 saturated heterocycles. The summed E-state index contributed by atoms with van der Waals surface area (Å²) in [5, 5.41) is 19.7. The molecule has 0 aliphatic carbocycles. The van der Waals surface area contributed by atoms with Crippen LogP contribution >= 0.6 is 11.8 Å². The molecule has 1 aliphatic rings. The number of pyridine rings is 1. The second-order valence-electron chi connectivity index (χ2n) is 6.24. The SMILES string of the molecule is Cc1cc(C2SCCC(=O)N2Cc2c(CO)cnc(C)c2O)oc1C. The molecule has 7 heteroatoms. The summed E-state index contributed by atoms with van der Waals surface area (Å²) >= 11 is 1.64. The van der Waals surface area contributed by atoms with Gasteiger partial charge in [0.15, 0.2) is 0 Å². The van der Waals surface area contributed by atoms with Gasteiger partial charge in [-0.2, -0.15) is 0 Å². The lowest BCUT2D eigenvalue weighted by Crippen LogP contribution is -2.37. The van der Waals surface area contributed by atoms with E-state index in [9.17, 15) is 15.0 Å². The van der Waals surface area contributed by atoms with E-state index >= 15 is 0 Å². The fraction of sp³-hybridized carbons (Fsp3) is 0.444. The number of aromatic nitrogens is 1. The summed E-state index contributed by atoms with van der Waals surface area (Å²) < 4.78 is 5.84. The molecule has 1 fully saturated rings. The van der Waals surface area contributed by atoms with Crippen molar-refractivity contribution in [1.29, 1.82) is 0 Å². The number of carbonyl (C=O) groups excluding carboxylic acids is 1. The lowest BCUT2D eigenvalue weighted by molar-refractivity contribution is -0.133. The zero-order valence-corrected chi connectivity index (χ0v) is 15.4. The first-order chi connectivity index (χ1) is 11.9. The van der Waals surface area contributed by atoms with Crippen molar-refractivity contribution in [2.75, 3.05) is 5.75 Å². The van der Waals surface area contributed by atoms with Gasteiger partial charge < -0.3 is 19.5 Å². The Balaban J connectivity index is 1.98. The van der Waals surface area contributed by atoms with Gasteiger partial charge in [0.25, 0.3) is 0 Å². The van der Waals surface area contributed by atoms with Gasteiger partial charge in [0.2, 0.25) is 5.91 Å². The van der Waals surface area contributed by atoms with Crippen LogP contribution in [0.1, 0.15) is 45.7 Å². The van der Waals surface area contributed by atoms with E-state index < -0.39 is 0 Å². The number of aromatic hydroxyl groups is 1. The number of hydrogen-bond donors (Lipinski definition) is 2. The molecule has 0 aromatic carbocycles. The van der Waals surface area contributed by atoms with Crippen LogP contribution in [-0.2, 0) is 17.9 Å². The number of aliphatic hydroxyl groups is 1. The molecule has 134 valence electrons. The first-order valence-electron chi connectivity index (χ1n) is 8.17. The predicted molar refractivity (Wildman–Crippen MR) is 95.1 cm³/mol. The van der Waals surface area contributed by atoms with Crippen LogP contribution in [0.5, 0.6) is 5.75 Å². The fourth-order valence-electron chi connectivity index (χ4n) is 2.92. The number of thioether (sulfide) groups is 1. The van der Waals surface area contributed by atoms with Crippen LogP contribution in [0.4, 0.5) is 0 Å². The van der Waals surface area contributed by atoms with Gasteiger partial charge in [0.05, 0.1) is 18.8 Å². The quantitative estimate of drug-likeness (QED) is 0.870. The maximum absolute atomic E-state index is 12.6. The molecule has 1 unspecified atom stereocenters. The van der Waals surface area contributed by atoms with Crippen molar-refractivity contribution in [2.24, 2.45) is 0 Å². The summed E-state index contributed by atoms with van der Waals surface area (Å²) in [5.74, 6) is 2.34. The number of aryl methyl sites for hydroxylation is 3. The monoisotopic (exact) mass is 362 g/mol. The first kappa shape index (κ1) is 17.8. The van der Waals surface area contributed by atoms with E-state index in [1.807, 2.05) is 19.9 Å². The number of aliphatic hydroxyl groups excluding tert-OH is 1. The molecule has 2 aromatic heterocycles. The number of hydrogen-bond acceptors (Lipinski definition) is 6. The molecule has 2 N–H and O–H groups in total. The molecule has 25 heavy (non-hydrogen) atoms. The Labute approximate surface area is 150 Å². The fourth-order valence-corrected chi connectivity index (χ4v) is 4.09. The Kier molecular flexibility index (Phi) is 5.06. The van der Waals surface area contributed by atoms with Crippen molar-refractivity contribution >= 4 is 17.7 Å². The molecule has 6 nitrogen and oxygen atoms in total. The summed E-state index contributed by atoms with van der Waals surface area (Å²) in [7, 11) is 0. The highest BCUT2D eigenvalue weighted by Crippen LogP contribution is 2.41. The lowest BCUT2D eigenvalue weighted by atomic mass is 10.1. The molecule has 0 radical (unpaired) electrons. The van der Waals surface area contributed by atoms with E-state index in [1.165, 1.54) is 0 Å². The van der Waals surface area contributed by atoms with E-state index in [2.05, 4.69) is 4.98 Å². The highest BCUT2D eigenvalue weighted by atomic mass is 32.2. The van der Waals surface area contributed by atoms with E-state index in [0.29, 0.717) is 23.2 Å². The molecular formula is C18H22N2O4S. The Morgan fingerprint density at radius 1 is 1.40 bits per heavy atom. The van der Waals surface area contributed by atoms with Crippen LogP contribution in [0.2, 0.25) is 0 Å². The second-order valence-corrected chi connectivity index (χ2v) is 7.42. The Bertz CT molecular complexity index is 783. The van der Waals surface area contributed by atoms with E-state index in [-0.39, 0.29) is 30.2 Å². The van der Waals surface area contributed by atoms with Gasteiger partial charge >= 0.3 is 0 Å². The maximum Gasteiger partial charge on any atom is 0.224 e. The van der Waals surface area contributed by atoms with E-state index in [1.54, 1.807) is 29.8 Å². The van der Waals surface area contributed by atoms with Gasteiger partial charge in [-0.15, -0.1) is 11.8 Å². The molecule has 0 spiro atoms. The van der Waals surface area contributed by atoms with Gasteiger partial charge in [-0.05, 0) is 32.4 Å². The highest BCUT2D eigenvalue weighted by molar-refractivity contribution is 7.99. The second kappa shape index (κ2) is 7.09. The van der Waals surface area contributed by atoms with Gasteiger partial charge in [-0.3, -0.25) is 9.78 Å². The third kappa shape index (κ3) is 3.39. The third-order valence-corrected chi connectivity index (χ3v) is 5.79. The predicted octanol–water partition coefficient (Wildman–Crippen LogP) is 2.96. The largest absolute Gasteiger partial charge is 0.506 e. The van der Waals surface area contributed by atoms with Gasteiger partial charge in [-0.1, -0.05) is 0 Å². The smallest absolute Gasteiger partial charge is 0.224 e. The molecule has 1 aliphatic heterocycles. The minimum Gasteiger partial charge on any atom is -0.506 e. The number of furan rings is 1.